The van der Waals surface area contributed by atoms with Gasteiger partial charge in [-0.15, -0.1) is 0 Å². The molecule has 0 aromatic carbocycles. The zero-order chi connectivity index (χ0) is 13.0. The summed E-state index contributed by atoms with van der Waals surface area (Å²) in [7, 11) is 0. The summed E-state index contributed by atoms with van der Waals surface area (Å²) < 4.78 is 1.29. The first-order valence-electron chi connectivity index (χ1n) is 6.27. The third-order valence-corrected chi connectivity index (χ3v) is 3.47. The van der Waals surface area contributed by atoms with Gasteiger partial charge in [-0.2, -0.15) is 0 Å². The molecule has 0 bridgehead atoms. The predicted octanol–water partition coefficient (Wildman–Crippen LogP) is 2.86. The van der Waals surface area contributed by atoms with Crippen molar-refractivity contribution in [1.82, 2.24) is 9.80 Å². The van der Waals surface area contributed by atoms with Crippen molar-refractivity contribution < 1.29 is 17.9 Å². The van der Waals surface area contributed by atoms with E-state index in [2.05, 4.69) is 83.0 Å². The molecule has 0 heterocycles. The van der Waals surface area contributed by atoms with E-state index in [0.717, 1.165) is 0 Å². The average Bonchev–Trinajstić information content (AvgIpc) is 1.99. The van der Waals surface area contributed by atoms with Gasteiger partial charge in [0.25, 0.3) is 0 Å². The van der Waals surface area contributed by atoms with Crippen LogP contribution in [0.1, 0.15) is 55.4 Å². The van der Waals surface area contributed by atoms with Gasteiger partial charge in [-0.1, -0.05) is 0 Å². The van der Waals surface area contributed by atoms with Crippen molar-refractivity contribution in [2.24, 2.45) is 0 Å². The Balaban J connectivity index is 4.96. The maximum absolute atomic E-state index is 3.15. The molecule has 0 atom stereocenters. The molecule has 0 spiro atoms. The van der Waals surface area contributed by atoms with Crippen molar-refractivity contribution in [3.63, 3.8) is 0 Å². The molecule has 3 heteroatoms. The molecule has 0 aromatic rings. The van der Waals surface area contributed by atoms with E-state index in [9.17, 15) is 0 Å². The molecule has 0 aromatic heterocycles. The number of hydrogen-bond acceptors (Lipinski definition) is 2. The van der Waals surface area contributed by atoms with E-state index in [1.165, 1.54) is 4.35 Å². The van der Waals surface area contributed by atoms with E-state index in [4.69, 9.17) is 0 Å². The molecule has 0 aliphatic carbocycles. The third-order valence-electron chi connectivity index (χ3n) is 2.63. The Morgan fingerprint density at radius 1 is 0.625 bits per heavy atom. The normalized spacial score (nSPS) is 12.9. The van der Waals surface area contributed by atoms with Gasteiger partial charge in [-0.05, 0) is 0 Å². The Hall–Kier alpha value is 0.413. The van der Waals surface area contributed by atoms with Crippen LogP contribution < -0.4 is 0 Å². The van der Waals surface area contributed by atoms with Gasteiger partial charge < -0.3 is 0 Å². The Kier molecular flexibility index (Phi) is 7.16. The van der Waals surface area contributed by atoms with Crippen molar-refractivity contribution in [3.8, 4) is 0 Å². The second kappa shape index (κ2) is 6.98. The first-order chi connectivity index (χ1) is 7.20. The molecule has 0 rings (SSSR count). The minimum absolute atomic E-state index is 0.528. The first-order valence-corrected chi connectivity index (χ1v) is 7.08. The van der Waals surface area contributed by atoms with Crippen molar-refractivity contribution in [2.75, 3.05) is 0 Å². The number of nitrogens with zero attached hydrogens (tertiary/aromatic N) is 2. The van der Waals surface area contributed by atoms with Gasteiger partial charge in [-0.3, -0.25) is 0 Å². The molecule has 0 aliphatic rings. The summed E-state index contributed by atoms with van der Waals surface area (Å²) in [6, 6.07) is 2.11. The molecule has 0 saturated carbocycles. The Morgan fingerprint density at radius 2 is 0.812 bits per heavy atom. The molecule has 0 amide bonds. The van der Waals surface area contributed by atoms with E-state index in [1.807, 2.05) is 0 Å². The Bertz CT molecular complexity index is 184. The van der Waals surface area contributed by atoms with E-state index in [-0.39, 0.29) is 0 Å². The van der Waals surface area contributed by atoms with Gasteiger partial charge in [0, 0.05) is 0 Å². The fraction of sp³-hybridized carbons (Fsp3) is 0.923. The van der Waals surface area contributed by atoms with Crippen molar-refractivity contribution in [3.05, 3.63) is 0 Å². The summed E-state index contributed by atoms with van der Waals surface area (Å²) in [6.07, 6.45) is 0. The molecular weight excluding hydrogens is 287 g/mol. The van der Waals surface area contributed by atoms with Crippen LogP contribution in [0.5, 0.6) is 0 Å². The third kappa shape index (κ3) is 4.35. The topological polar surface area (TPSA) is 6.48 Å². The van der Waals surface area contributed by atoms with Crippen LogP contribution in [0.2, 0.25) is 0 Å². The average molecular weight is 315 g/mol. The molecule has 99 valence electrons. The fourth-order valence-electron chi connectivity index (χ4n) is 2.13. The van der Waals surface area contributed by atoms with E-state index in [1.54, 1.807) is 0 Å². The van der Waals surface area contributed by atoms with Crippen LogP contribution in [0.25, 0.3) is 0 Å². The monoisotopic (exact) mass is 315 g/mol. The van der Waals surface area contributed by atoms with Crippen LogP contribution in [0.15, 0.2) is 0 Å². The van der Waals surface area contributed by atoms with Gasteiger partial charge in [0.2, 0.25) is 0 Å². The SMILES string of the molecule is CC(C)N([C](=[Rh])N(C(C)C)C(C)C)C(C)C. The van der Waals surface area contributed by atoms with Crippen LogP contribution in [0, 0.1) is 0 Å². The van der Waals surface area contributed by atoms with Gasteiger partial charge in [0.05, 0.1) is 0 Å². The summed E-state index contributed by atoms with van der Waals surface area (Å²) >= 11 is 3.15. The second-order valence-corrected chi connectivity index (χ2v) is 6.17. The van der Waals surface area contributed by atoms with Crippen LogP contribution in [0.3, 0.4) is 0 Å². The van der Waals surface area contributed by atoms with Crippen LogP contribution in [0.4, 0.5) is 0 Å². The minimum atomic E-state index is 0.528. The molecule has 0 radical (unpaired) electrons. The molecule has 0 N–H and O–H groups in total. The van der Waals surface area contributed by atoms with E-state index in [0.29, 0.717) is 24.2 Å². The predicted molar refractivity (Wildman–Crippen MR) is 69.2 cm³/mol. The summed E-state index contributed by atoms with van der Waals surface area (Å²) in [5.74, 6) is 0. The molecule has 0 fully saturated rings. The molecule has 0 saturated heterocycles. The molecule has 16 heavy (non-hydrogen) atoms. The zero-order valence-electron chi connectivity index (χ0n) is 12.0. The van der Waals surface area contributed by atoms with Crippen molar-refractivity contribution in [2.45, 2.75) is 79.6 Å². The summed E-state index contributed by atoms with van der Waals surface area (Å²) in [6.45, 7) is 18.0. The van der Waals surface area contributed by atoms with Gasteiger partial charge in [0.1, 0.15) is 0 Å². The maximum atomic E-state index is 3.15. The summed E-state index contributed by atoms with van der Waals surface area (Å²) in [5, 5.41) is 0. The first kappa shape index (κ1) is 16.4. The summed E-state index contributed by atoms with van der Waals surface area (Å²) in [4.78, 5) is 4.90. The molecular formula is C13H28N2Rh. The number of hydrogen-bond donors (Lipinski definition) is 0. The quantitative estimate of drug-likeness (QED) is 0.696. The Morgan fingerprint density at radius 3 is 0.938 bits per heavy atom. The van der Waals surface area contributed by atoms with Gasteiger partial charge in [-0.25, -0.2) is 0 Å². The van der Waals surface area contributed by atoms with E-state index < -0.39 is 0 Å². The van der Waals surface area contributed by atoms with E-state index >= 15 is 0 Å². The van der Waals surface area contributed by atoms with Gasteiger partial charge in [0.15, 0.2) is 0 Å². The van der Waals surface area contributed by atoms with Crippen LogP contribution in [-0.2, 0) is 17.9 Å². The standard InChI is InChI=1S/C13H28N2.Rh/c1-10(2)14(11(3)4)9-15(12(5)6)13(7)8;/h10-13H,1-8H3;. The van der Waals surface area contributed by atoms with Crippen molar-refractivity contribution >= 4 is 4.35 Å². The molecule has 0 aliphatic heterocycles. The van der Waals surface area contributed by atoms with Crippen LogP contribution >= 0.6 is 0 Å². The second-order valence-electron chi connectivity index (χ2n) is 5.44. The molecule has 2 nitrogen and oxygen atoms in total. The molecule has 0 unspecified atom stereocenters. The zero-order valence-corrected chi connectivity index (χ0v) is 13.7. The van der Waals surface area contributed by atoms with Gasteiger partial charge >= 0.3 is 112 Å². The Labute approximate surface area is 112 Å². The van der Waals surface area contributed by atoms with Crippen LogP contribution in [-0.4, -0.2) is 38.3 Å². The number of rotatable bonds is 6. The van der Waals surface area contributed by atoms with Crippen molar-refractivity contribution in [1.29, 1.82) is 0 Å². The summed E-state index contributed by atoms with van der Waals surface area (Å²) in [5.41, 5.74) is 0. The fourth-order valence-corrected chi connectivity index (χ4v) is 3.82.